The van der Waals surface area contributed by atoms with Gasteiger partial charge in [-0.15, -0.1) is 0 Å². The summed E-state index contributed by atoms with van der Waals surface area (Å²) in [4.78, 5) is 0. The van der Waals surface area contributed by atoms with Gasteiger partial charge < -0.3 is 33.5 Å². The third-order valence-corrected chi connectivity index (χ3v) is 8.76. The lowest BCUT2D eigenvalue weighted by atomic mass is 9.86. The van der Waals surface area contributed by atoms with Crippen LogP contribution in [0, 0.1) is 6.92 Å². The van der Waals surface area contributed by atoms with E-state index in [1.54, 1.807) is 0 Å². The molecule has 0 amide bonds. The first-order chi connectivity index (χ1) is 24.5. The van der Waals surface area contributed by atoms with Crippen LogP contribution in [0.3, 0.4) is 0 Å². The van der Waals surface area contributed by atoms with Gasteiger partial charge in [0.15, 0.2) is 0 Å². The van der Waals surface area contributed by atoms with E-state index in [9.17, 15) is 5.11 Å². The Balaban J connectivity index is 1.42. The van der Waals surface area contributed by atoms with E-state index >= 15 is 0 Å². The molecular weight excluding hydrogens is 628 g/mol. The minimum atomic E-state index is -2.00. The van der Waals surface area contributed by atoms with Gasteiger partial charge in [-0.3, -0.25) is 0 Å². The van der Waals surface area contributed by atoms with Gasteiger partial charge in [-0.05, 0) is 48.2 Å². The zero-order valence-corrected chi connectivity index (χ0v) is 28.7. The average Bonchev–Trinajstić information content (AvgIpc) is 3.15. The highest BCUT2D eigenvalue weighted by atomic mass is 16.7. The molecule has 6 rings (SSSR count). The lowest BCUT2D eigenvalue weighted by Crippen LogP contribution is -2.65. The summed E-state index contributed by atoms with van der Waals surface area (Å²) in [6.45, 7) is 5.56. The van der Waals surface area contributed by atoms with Gasteiger partial charge in [-0.2, -0.15) is 0 Å². The van der Waals surface area contributed by atoms with E-state index in [0.717, 1.165) is 27.8 Å². The molecule has 5 aromatic rings. The fraction of sp³-hybridized carbons (Fsp3) is 0.302. The van der Waals surface area contributed by atoms with Crippen LogP contribution in [0.25, 0.3) is 0 Å². The summed E-state index contributed by atoms with van der Waals surface area (Å²) in [7, 11) is 0. The molecule has 0 aromatic heterocycles. The Labute approximate surface area is 295 Å². The van der Waals surface area contributed by atoms with E-state index in [0.29, 0.717) is 31.1 Å². The second-order valence-electron chi connectivity index (χ2n) is 12.5. The van der Waals surface area contributed by atoms with Crippen molar-refractivity contribution in [1.29, 1.82) is 0 Å². The molecule has 0 bridgehead atoms. The van der Waals surface area contributed by atoms with Crippen molar-refractivity contribution in [2.45, 2.75) is 70.5 Å². The second-order valence-corrected chi connectivity index (χ2v) is 12.5. The highest BCUT2D eigenvalue weighted by molar-refractivity contribution is 5.41. The van der Waals surface area contributed by atoms with Gasteiger partial charge in [0.2, 0.25) is 5.79 Å². The third-order valence-electron chi connectivity index (χ3n) is 8.76. The molecule has 260 valence electrons. The Hall–Kier alpha value is -4.34. The summed E-state index contributed by atoms with van der Waals surface area (Å²) in [6, 6.07) is 45.5. The van der Waals surface area contributed by atoms with Crippen LogP contribution >= 0.6 is 0 Å². The molecule has 5 atom stereocenters. The third kappa shape index (κ3) is 9.06. The predicted molar refractivity (Wildman–Crippen MR) is 192 cm³/mol. The number of aliphatic hydroxyl groups is 1. The maximum absolute atomic E-state index is 13.1. The largest absolute Gasteiger partial charge is 0.493 e. The van der Waals surface area contributed by atoms with Crippen molar-refractivity contribution in [3.63, 3.8) is 0 Å². The van der Waals surface area contributed by atoms with E-state index in [1.807, 2.05) is 153 Å². The molecule has 0 radical (unpaired) electrons. The van der Waals surface area contributed by atoms with E-state index in [-0.39, 0.29) is 19.8 Å². The fourth-order valence-electron chi connectivity index (χ4n) is 6.28. The van der Waals surface area contributed by atoms with Gasteiger partial charge in [0.1, 0.15) is 30.2 Å². The van der Waals surface area contributed by atoms with Crippen LogP contribution in [-0.4, -0.2) is 42.7 Å². The van der Waals surface area contributed by atoms with Gasteiger partial charge in [0, 0.05) is 0 Å². The van der Waals surface area contributed by atoms with Crippen molar-refractivity contribution in [1.82, 2.24) is 0 Å². The topological polar surface area (TPSA) is 75.6 Å². The standard InChI is InChI=1S/C43H46O7/c1-3-46-38-25-24-32(2)26-37(38)43(44)42(49-30-36-22-14-7-15-23-36)41(48-29-35-20-12-6-13-21-35)40(47-28-34-18-10-5-11-19-34)39(50-43)31-45-27-33-16-8-4-9-17-33/h4-26,39-42,44H,3,27-31H2,1-2H3/t39-,40-,41+,42-,43?/m1/s1. The van der Waals surface area contributed by atoms with Crippen LogP contribution in [0.4, 0.5) is 0 Å². The van der Waals surface area contributed by atoms with Gasteiger partial charge >= 0.3 is 0 Å². The minimum absolute atomic E-state index is 0.128. The number of hydrogen-bond acceptors (Lipinski definition) is 7. The van der Waals surface area contributed by atoms with Gasteiger partial charge in [-0.1, -0.05) is 133 Å². The number of benzene rings is 5. The molecule has 1 unspecified atom stereocenters. The molecule has 7 nitrogen and oxygen atoms in total. The van der Waals surface area contributed by atoms with Crippen molar-refractivity contribution in [3.8, 4) is 5.75 Å². The zero-order valence-electron chi connectivity index (χ0n) is 28.7. The van der Waals surface area contributed by atoms with Crippen molar-refractivity contribution < 1.29 is 33.5 Å². The molecule has 1 heterocycles. The molecule has 1 saturated heterocycles. The first-order valence-electron chi connectivity index (χ1n) is 17.3. The Morgan fingerprint density at radius 1 is 0.600 bits per heavy atom. The lowest BCUT2D eigenvalue weighted by Gasteiger charge is -2.50. The second kappa shape index (κ2) is 17.5. The number of rotatable bonds is 16. The summed E-state index contributed by atoms with van der Waals surface area (Å²) in [5, 5.41) is 13.1. The normalized spacial score (nSPS) is 21.9. The summed E-state index contributed by atoms with van der Waals surface area (Å²) >= 11 is 0. The van der Waals surface area contributed by atoms with Crippen molar-refractivity contribution in [2.24, 2.45) is 0 Å². The van der Waals surface area contributed by atoms with Crippen molar-refractivity contribution in [2.75, 3.05) is 13.2 Å². The van der Waals surface area contributed by atoms with Crippen LogP contribution in [0.2, 0.25) is 0 Å². The molecule has 5 aromatic carbocycles. The summed E-state index contributed by atoms with van der Waals surface area (Å²) in [5.74, 6) is -1.50. The predicted octanol–water partition coefficient (Wildman–Crippen LogP) is 7.91. The highest BCUT2D eigenvalue weighted by Gasteiger charge is 2.58. The van der Waals surface area contributed by atoms with Gasteiger partial charge in [0.05, 0.1) is 45.2 Å². The zero-order chi connectivity index (χ0) is 34.6. The molecule has 50 heavy (non-hydrogen) atoms. The van der Waals surface area contributed by atoms with Crippen molar-refractivity contribution >= 4 is 0 Å². The molecule has 1 aliphatic heterocycles. The first-order valence-corrected chi connectivity index (χ1v) is 17.3. The first kappa shape index (κ1) is 35.5. The van der Waals surface area contributed by atoms with E-state index < -0.39 is 30.2 Å². The summed E-state index contributed by atoms with van der Waals surface area (Å²) in [5.41, 5.74) is 5.34. The summed E-state index contributed by atoms with van der Waals surface area (Å²) < 4.78 is 39.6. The monoisotopic (exact) mass is 674 g/mol. The molecule has 1 aliphatic rings. The minimum Gasteiger partial charge on any atom is -0.493 e. The number of ether oxygens (including phenoxy) is 6. The van der Waals surface area contributed by atoms with Crippen LogP contribution in [0.15, 0.2) is 140 Å². The number of hydrogen-bond donors (Lipinski definition) is 1. The SMILES string of the molecule is CCOc1ccc(C)cc1C1(O)O[C@H](COCc2ccccc2)[C@@H](OCc2ccccc2)[C@H](OCc2ccccc2)[C@H]1OCc1ccccc1. The molecule has 0 saturated carbocycles. The Kier molecular flexibility index (Phi) is 12.5. The fourth-order valence-corrected chi connectivity index (χ4v) is 6.28. The molecule has 0 spiro atoms. The van der Waals surface area contributed by atoms with E-state index in [1.165, 1.54) is 0 Å². The van der Waals surface area contributed by atoms with Gasteiger partial charge in [0.25, 0.3) is 0 Å². The summed E-state index contributed by atoms with van der Waals surface area (Å²) in [6.07, 6.45) is -3.25. The maximum Gasteiger partial charge on any atom is 0.226 e. The Bertz CT molecular complexity index is 1720. The Morgan fingerprint density at radius 3 is 1.60 bits per heavy atom. The molecule has 0 aliphatic carbocycles. The number of aryl methyl sites for hydroxylation is 1. The maximum atomic E-state index is 13.1. The quantitative estimate of drug-likeness (QED) is 0.114. The molecular formula is C43H46O7. The smallest absolute Gasteiger partial charge is 0.226 e. The van der Waals surface area contributed by atoms with E-state index in [4.69, 9.17) is 28.4 Å². The average molecular weight is 675 g/mol. The molecule has 1 fully saturated rings. The van der Waals surface area contributed by atoms with Crippen molar-refractivity contribution in [3.05, 3.63) is 173 Å². The van der Waals surface area contributed by atoms with Crippen LogP contribution < -0.4 is 4.74 Å². The van der Waals surface area contributed by atoms with Crippen LogP contribution in [-0.2, 0) is 55.9 Å². The lowest BCUT2D eigenvalue weighted by molar-refractivity contribution is -0.379. The Morgan fingerprint density at radius 2 is 1.08 bits per heavy atom. The molecule has 7 heteroatoms. The van der Waals surface area contributed by atoms with E-state index in [2.05, 4.69) is 0 Å². The van der Waals surface area contributed by atoms with Gasteiger partial charge in [-0.25, -0.2) is 0 Å². The highest BCUT2D eigenvalue weighted by Crippen LogP contribution is 2.45. The van der Waals surface area contributed by atoms with Crippen LogP contribution in [0.1, 0.15) is 40.3 Å². The molecule has 1 N–H and O–H groups in total. The van der Waals surface area contributed by atoms with Crippen LogP contribution in [0.5, 0.6) is 5.75 Å².